The first-order chi connectivity index (χ1) is 14.9. The lowest BCUT2D eigenvalue weighted by molar-refractivity contribution is -0.520. The summed E-state index contributed by atoms with van der Waals surface area (Å²) >= 11 is 0. The van der Waals surface area contributed by atoms with Crippen LogP contribution in [-0.2, 0) is 9.59 Å². The number of aliphatic imine (C=N–C) groups is 1. The zero-order chi connectivity index (χ0) is 22.1. The molecule has 3 aliphatic heterocycles. The molecule has 164 valence electrons. The third-order valence-corrected chi connectivity index (χ3v) is 5.62. The van der Waals surface area contributed by atoms with Gasteiger partial charge in [-0.15, -0.1) is 0 Å². The molecule has 0 N–H and O–H groups in total. The Labute approximate surface area is 178 Å². The minimum Gasteiger partial charge on any atom is -0.494 e. The van der Waals surface area contributed by atoms with Crippen LogP contribution in [0.2, 0.25) is 0 Å². The zero-order valence-corrected chi connectivity index (χ0v) is 17.6. The van der Waals surface area contributed by atoms with E-state index < -0.39 is 18.0 Å². The number of urea groups is 1. The molecule has 31 heavy (non-hydrogen) atoms. The van der Waals surface area contributed by atoms with Gasteiger partial charge in [-0.1, -0.05) is 0 Å². The normalized spacial score (nSPS) is 21.6. The molecule has 0 aliphatic carbocycles. The quantitative estimate of drug-likeness (QED) is 0.561. The van der Waals surface area contributed by atoms with Crippen LogP contribution in [0, 0.1) is 0 Å². The summed E-state index contributed by atoms with van der Waals surface area (Å²) in [6.07, 6.45) is 5.75. The van der Waals surface area contributed by atoms with E-state index in [4.69, 9.17) is 9.47 Å². The van der Waals surface area contributed by atoms with Crippen LogP contribution in [0.3, 0.4) is 0 Å². The number of likely N-dealkylation sites (tertiary alicyclic amines) is 1. The SMILES string of the molecule is COc1cnc(OC2CCN(C(=O)C[N+]3=CN=C4C3C(=O)N(C)C(=O)N4C)CC2)nc1. The van der Waals surface area contributed by atoms with E-state index >= 15 is 0 Å². The fraction of sp³-hybridized carbons (Fsp3) is 0.526. The average Bonchev–Trinajstić information content (AvgIpc) is 3.21. The van der Waals surface area contributed by atoms with Gasteiger partial charge < -0.3 is 14.4 Å². The van der Waals surface area contributed by atoms with Gasteiger partial charge in [0.25, 0.3) is 30.0 Å². The number of rotatable bonds is 5. The molecule has 3 aliphatic rings. The highest BCUT2D eigenvalue weighted by Gasteiger charge is 2.51. The first-order valence-electron chi connectivity index (χ1n) is 9.91. The third-order valence-electron chi connectivity index (χ3n) is 5.62. The Morgan fingerprint density at radius 1 is 1.16 bits per heavy atom. The molecule has 1 unspecified atom stereocenters. The topological polar surface area (TPSA) is 121 Å². The van der Waals surface area contributed by atoms with Crippen LogP contribution < -0.4 is 9.47 Å². The molecule has 4 amide bonds. The van der Waals surface area contributed by atoms with Gasteiger partial charge in [0.1, 0.15) is 6.10 Å². The first-order valence-corrected chi connectivity index (χ1v) is 9.91. The molecule has 4 rings (SSSR count). The Morgan fingerprint density at radius 2 is 1.84 bits per heavy atom. The van der Waals surface area contributed by atoms with E-state index in [2.05, 4.69) is 15.0 Å². The predicted molar refractivity (Wildman–Crippen MR) is 107 cm³/mol. The van der Waals surface area contributed by atoms with E-state index in [0.717, 1.165) is 4.90 Å². The van der Waals surface area contributed by atoms with Crippen LogP contribution in [0.4, 0.5) is 4.79 Å². The maximum absolute atomic E-state index is 12.8. The molecule has 12 nitrogen and oxygen atoms in total. The van der Waals surface area contributed by atoms with Gasteiger partial charge in [-0.3, -0.25) is 19.4 Å². The Bertz CT molecular complexity index is 953. The summed E-state index contributed by atoms with van der Waals surface area (Å²) in [5.41, 5.74) is 0. The number of likely N-dealkylation sites (N-methyl/N-ethyl adjacent to an activating group) is 2. The van der Waals surface area contributed by atoms with E-state index in [1.165, 1.54) is 18.3 Å². The third kappa shape index (κ3) is 3.92. The standard InChI is InChI=1S/C19H24N7O5/c1-23-16-15(17(28)24(2)19(23)29)26(11-22-16)10-14(27)25-6-4-12(5-7-25)31-18-20-8-13(30-3)9-21-18/h8-9,11-12,15H,4-7,10H2,1-3H3/q+1. The molecular weight excluding hydrogens is 406 g/mol. The molecular formula is C19H24N7O5+. The average molecular weight is 430 g/mol. The Balaban J connectivity index is 1.30. The number of imide groups is 1. The fourth-order valence-electron chi connectivity index (χ4n) is 3.77. The molecule has 12 heteroatoms. The van der Waals surface area contributed by atoms with Crippen LogP contribution >= 0.6 is 0 Å². The lowest BCUT2D eigenvalue weighted by Gasteiger charge is -2.33. The minimum absolute atomic E-state index is 0.00634. The second kappa shape index (κ2) is 8.28. The van der Waals surface area contributed by atoms with Crippen LogP contribution in [0.1, 0.15) is 12.8 Å². The highest BCUT2D eigenvalue weighted by molar-refractivity contribution is 6.21. The van der Waals surface area contributed by atoms with Gasteiger partial charge in [0.15, 0.2) is 12.3 Å². The maximum atomic E-state index is 12.8. The highest BCUT2D eigenvalue weighted by Crippen LogP contribution is 2.19. The molecule has 0 aromatic carbocycles. The van der Waals surface area contributed by atoms with Crippen molar-refractivity contribution in [3.63, 3.8) is 0 Å². The molecule has 0 radical (unpaired) electrons. The molecule has 0 saturated carbocycles. The van der Waals surface area contributed by atoms with Crippen molar-refractivity contribution in [1.82, 2.24) is 24.7 Å². The van der Waals surface area contributed by atoms with Crippen molar-refractivity contribution in [2.75, 3.05) is 40.8 Å². The predicted octanol–water partition coefficient (Wildman–Crippen LogP) is -0.800. The smallest absolute Gasteiger partial charge is 0.333 e. The van der Waals surface area contributed by atoms with Gasteiger partial charge >= 0.3 is 12.0 Å². The van der Waals surface area contributed by atoms with Crippen molar-refractivity contribution < 1.29 is 28.4 Å². The Morgan fingerprint density at radius 3 is 2.48 bits per heavy atom. The number of amides is 4. The molecule has 1 aromatic rings. The highest BCUT2D eigenvalue weighted by atomic mass is 16.5. The first kappa shape index (κ1) is 20.7. The van der Waals surface area contributed by atoms with Gasteiger partial charge in [0.2, 0.25) is 0 Å². The summed E-state index contributed by atoms with van der Waals surface area (Å²) in [5, 5.41) is 0. The molecule has 1 atom stereocenters. The number of ether oxygens (including phenoxy) is 2. The van der Waals surface area contributed by atoms with Crippen molar-refractivity contribution >= 4 is 30.0 Å². The number of hydrogen-bond acceptors (Lipinski definition) is 8. The summed E-state index contributed by atoms with van der Waals surface area (Å²) in [6.45, 7) is 1.06. The maximum Gasteiger partial charge on any atom is 0.333 e. The number of carbonyl (C=O) groups excluding carboxylic acids is 3. The van der Waals surface area contributed by atoms with Gasteiger partial charge in [-0.25, -0.2) is 9.37 Å². The van der Waals surface area contributed by atoms with Crippen molar-refractivity contribution in [2.24, 2.45) is 4.99 Å². The molecule has 0 bridgehead atoms. The van der Waals surface area contributed by atoms with E-state index in [9.17, 15) is 14.4 Å². The molecule has 2 saturated heterocycles. The van der Waals surface area contributed by atoms with E-state index in [0.29, 0.717) is 37.5 Å². The second-order valence-corrected chi connectivity index (χ2v) is 7.52. The van der Waals surface area contributed by atoms with Crippen molar-refractivity contribution in [3.05, 3.63) is 12.4 Å². The largest absolute Gasteiger partial charge is 0.494 e. The van der Waals surface area contributed by atoms with Crippen LogP contribution in [-0.4, -0.2) is 112 Å². The van der Waals surface area contributed by atoms with Crippen molar-refractivity contribution in [1.29, 1.82) is 0 Å². The summed E-state index contributed by atoms with van der Waals surface area (Å²) < 4.78 is 12.4. The molecule has 2 fully saturated rings. The van der Waals surface area contributed by atoms with Gasteiger partial charge in [-0.05, 0) is 4.99 Å². The zero-order valence-electron chi connectivity index (χ0n) is 17.6. The van der Waals surface area contributed by atoms with E-state index in [1.54, 1.807) is 36.0 Å². The molecule has 0 spiro atoms. The van der Waals surface area contributed by atoms with Crippen LogP contribution in [0.25, 0.3) is 0 Å². The summed E-state index contributed by atoms with van der Waals surface area (Å²) in [6, 6.07) is -0.922. The summed E-state index contributed by atoms with van der Waals surface area (Å²) in [7, 11) is 4.53. The lowest BCUT2D eigenvalue weighted by atomic mass is 10.1. The lowest BCUT2D eigenvalue weighted by Crippen LogP contribution is -2.62. The minimum atomic E-state index is -0.759. The number of carbonyl (C=O) groups is 3. The summed E-state index contributed by atoms with van der Waals surface area (Å²) in [5.74, 6) is 0.390. The number of nitrogens with zero attached hydrogens (tertiary/aromatic N) is 7. The monoisotopic (exact) mass is 430 g/mol. The van der Waals surface area contributed by atoms with Gasteiger partial charge in [0.05, 0.1) is 19.5 Å². The van der Waals surface area contributed by atoms with Gasteiger partial charge in [0, 0.05) is 40.0 Å². The number of amidine groups is 1. The Kier molecular flexibility index (Phi) is 5.53. The van der Waals surface area contributed by atoms with Crippen LogP contribution in [0.15, 0.2) is 17.4 Å². The number of methoxy groups -OCH3 is 1. The second-order valence-electron chi connectivity index (χ2n) is 7.52. The number of fused-ring (bicyclic) bond motifs is 1. The van der Waals surface area contributed by atoms with Crippen molar-refractivity contribution in [3.8, 4) is 11.8 Å². The van der Waals surface area contributed by atoms with Gasteiger partial charge in [-0.2, -0.15) is 9.97 Å². The van der Waals surface area contributed by atoms with E-state index in [-0.39, 0.29) is 24.6 Å². The van der Waals surface area contributed by atoms with Crippen LogP contribution in [0.5, 0.6) is 11.8 Å². The van der Waals surface area contributed by atoms with Crippen molar-refractivity contribution in [2.45, 2.75) is 25.0 Å². The molecule has 1 aromatic heterocycles. The number of piperidine rings is 1. The number of aromatic nitrogens is 2. The fourth-order valence-corrected chi connectivity index (χ4v) is 3.77. The summed E-state index contributed by atoms with van der Waals surface area (Å²) in [4.78, 5) is 54.0. The Hall–Kier alpha value is -3.57. The molecule has 4 heterocycles. The van der Waals surface area contributed by atoms with E-state index in [1.807, 2.05) is 0 Å². The number of hydrogen-bond donors (Lipinski definition) is 0.